The Bertz CT molecular complexity index is 349. The molecule has 0 amide bonds. The molecule has 1 rings (SSSR count). The molecule has 1 N–H and O–H groups in total. The van der Waals surface area contributed by atoms with Crippen molar-refractivity contribution in [3.63, 3.8) is 0 Å². The average Bonchev–Trinajstić information content (AvgIpc) is 2.16. The number of alkyl halides is 1. The highest BCUT2D eigenvalue weighted by Gasteiger charge is 2.17. The van der Waals surface area contributed by atoms with E-state index in [1.54, 1.807) is 0 Å². The summed E-state index contributed by atoms with van der Waals surface area (Å²) in [7, 11) is 1.31. The van der Waals surface area contributed by atoms with Gasteiger partial charge in [0.15, 0.2) is 11.6 Å². The van der Waals surface area contributed by atoms with Crippen molar-refractivity contribution >= 4 is 0 Å². The highest BCUT2D eigenvalue weighted by molar-refractivity contribution is 5.40. The van der Waals surface area contributed by atoms with Crippen molar-refractivity contribution in [3.8, 4) is 5.75 Å². The number of rotatable bonds is 3. The summed E-state index contributed by atoms with van der Waals surface area (Å²) in [6, 6.07) is 2.49. The molecular weight excluding hydrogens is 202 g/mol. The maximum absolute atomic E-state index is 13.4. The van der Waals surface area contributed by atoms with E-state index in [-0.39, 0.29) is 16.9 Å². The van der Waals surface area contributed by atoms with Gasteiger partial charge >= 0.3 is 0 Å². The average molecular weight is 216 g/mol. The minimum absolute atomic E-state index is 0.0330. The van der Waals surface area contributed by atoms with Crippen LogP contribution in [0.15, 0.2) is 12.1 Å². The lowest BCUT2D eigenvalue weighted by Crippen LogP contribution is -2.01. The molecule has 0 heterocycles. The molecule has 0 aliphatic rings. The van der Waals surface area contributed by atoms with E-state index >= 15 is 0 Å². The molecule has 4 heteroatoms. The van der Waals surface area contributed by atoms with E-state index in [0.29, 0.717) is 0 Å². The Balaban J connectivity index is 3.32. The minimum atomic E-state index is -1.28. The van der Waals surface area contributed by atoms with Crippen molar-refractivity contribution in [2.24, 2.45) is 0 Å². The zero-order chi connectivity index (χ0) is 11.6. The molecule has 0 spiro atoms. The molecule has 0 radical (unpaired) electrons. The fourth-order valence-electron chi connectivity index (χ4n) is 1.39. The van der Waals surface area contributed by atoms with Gasteiger partial charge in [-0.2, -0.15) is 0 Å². The predicted octanol–water partition coefficient (Wildman–Crippen LogP) is 2.92. The number of halogens is 2. The van der Waals surface area contributed by atoms with E-state index < -0.39 is 18.1 Å². The summed E-state index contributed by atoms with van der Waals surface area (Å²) in [4.78, 5) is 0. The monoisotopic (exact) mass is 216 g/mol. The van der Waals surface area contributed by atoms with Gasteiger partial charge in [-0.1, -0.05) is 0 Å². The van der Waals surface area contributed by atoms with Crippen LogP contribution in [0.25, 0.3) is 0 Å². The van der Waals surface area contributed by atoms with Crippen LogP contribution >= 0.6 is 0 Å². The van der Waals surface area contributed by atoms with Gasteiger partial charge in [-0.15, -0.1) is 0 Å². The Kier molecular flexibility index (Phi) is 3.63. The quantitative estimate of drug-likeness (QED) is 0.841. The largest absolute Gasteiger partial charge is 0.493 e. The van der Waals surface area contributed by atoms with Gasteiger partial charge in [0, 0.05) is 5.56 Å². The lowest BCUT2D eigenvalue weighted by molar-refractivity contribution is 0.192. The molecule has 0 bridgehead atoms. The van der Waals surface area contributed by atoms with Crippen molar-refractivity contribution in [2.75, 3.05) is 7.11 Å². The summed E-state index contributed by atoms with van der Waals surface area (Å²) in [6.07, 6.45) is -2.17. The first-order valence-corrected chi connectivity index (χ1v) is 4.66. The van der Waals surface area contributed by atoms with Gasteiger partial charge in [-0.25, -0.2) is 8.78 Å². The van der Waals surface area contributed by atoms with E-state index in [4.69, 9.17) is 4.74 Å². The highest BCUT2D eigenvalue weighted by Crippen LogP contribution is 2.32. The van der Waals surface area contributed by atoms with E-state index in [2.05, 4.69) is 0 Å². The normalized spacial score (nSPS) is 14.8. The Labute approximate surface area is 87.5 Å². The molecule has 2 nitrogen and oxygen atoms in total. The van der Waals surface area contributed by atoms with Crippen molar-refractivity contribution < 1.29 is 18.6 Å². The van der Waals surface area contributed by atoms with Crippen LogP contribution in [0.3, 0.4) is 0 Å². The molecule has 0 aliphatic heterocycles. The Hall–Kier alpha value is -1.16. The van der Waals surface area contributed by atoms with Crippen LogP contribution in [0.2, 0.25) is 0 Å². The molecule has 1 aromatic carbocycles. The van der Waals surface area contributed by atoms with Crippen LogP contribution in [-0.4, -0.2) is 12.2 Å². The van der Waals surface area contributed by atoms with Gasteiger partial charge in [0.2, 0.25) is 0 Å². The van der Waals surface area contributed by atoms with Gasteiger partial charge in [0.25, 0.3) is 0 Å². The van der Waals surface area contributed by atoms with Crippen LogP contribution in [0.4, 0.5) is 8.78 Å². The molecule has 0 aliphatic carbocycles. The standard InChI is InChI=1S/C11H14F2O2/c1-6(12)8-4-9(7(2)14)11(15-3)10(13)5-8/h4-7,14H,1-3H3. The van der Waals surface area contributed by atoms with E-state index in [1.165, 1.54) is 27.0 Å². The summed E-state index contributed by atoms with van der Waals surface area (Å²) < 4.78 is 31.2. The van der Waals surface area contributed by atoms with Crippen molar-refractivity contribution in [2.45, 2.75) is 26.1 Å². The number of hydrogen-bond acceptors (Lipinski definition) is 2. The molecule has 0 aromatic heterocycles. The summed E-state index contributed by atoms with van der Waals surface area (Å²) in [5, 5.41) is 9.40. The number of aliphatic hydroxyl groups excluding tert-OH is 1. The minimum Gasteiger partial charge on any atom is -0.493 e. The van der Waals surface area contributed by atoms with Gasteiger partial charge in [0.1, 0.15) is 6.17 Å². The van der Waals surface area contributed by atoms with Crippen LogP contribution in [0.5, 0.6) is 5.75 Å². The fraction of sp³-hybridized carbons (Fsp3) is 0.455. The summed E-state index contributed by atoms with van der Waals surface area (Å²) in [6.45, 7) is 2.79. The lowest BCUT2D eigenvalue weighted by atomic mass is 10.0. The van der Waals surface area contributed by atoms with E-state index in [0.717, 1.165) is 6.07 Å². The smallest absolute Gasteiger partial charge is 0.165 e. The number of hydrogen-bond donors (Lipinski definition) is 1. The first kappa shape index (κ1) is 11.9. The Morgan fingerprint density at radius 2 is 1.93 bits per heavy atom. The molecule has 0 saturated heterocycles. The number of ether oxygens (including phenoxy) is 1. The summed E-state index contributed by atoms with van der Waals surface area (Å²) in [5.41, 5.74) is 0.459. The third-order valence-corrected chi connectivity index (χ3v) is 2.21. The van der Waals surface area contributed by atoms with E-state index in [1.807, 2.05) is 0 Å². The van der Waals surface area contributed by atoms with Crippen molar-refractivity contribution in [1.29, 1.82) is 0 Å². The third kappa shape index (κ3) is 2.45. The lowest BCUT2D eigenvalue weighted by Gasteiger charge is -2.14. The fourth-order valence-corrected chi connectivity index (χ4v) is 1.39. The molecular formula is C11H14F2O2. The molecule has 2 unspecified atom stereocenters. The van der Waals surface area contributed by atoms with Crippen molar-refractivity contribution in [3.05, 3.63) is 29.1 Å². The second kappa shape index (κ2) is 4.57. The SMILES string of the molecule is COc1c(F)cc(C(C)F)cc1C(C)O. The number of methoxy groups -OCH3 is 1. The molecule has 1 aromatic rings. The van der Waals surface area contributed by atoms with Crippen molar-refractivity contribution in [1.82, 2.24) is 0 Å². The first-order chi connectivity index (χ1) is 6.97. The van der Waals surface area contributed by atoms with Gasteiger partial charge in [-0.05, 0) is 31.5 Å². The van der Waals surface area contributed by atoms with Crippen LogP contribution in [0.1, 0.15) is 37.3 Å². The van der Waals surface area contributed by atoms with Crippen LogP contribution in [-0.2, 0) is 0 Å². The molecule has 84 valence electrons. The van der Waals surface area contributed by atoms with Gasteiger partial charge < -0.3 is 9.84 Å². The zero-order valence-electron chi connectivity index (χ0n) is 8.92. The third-order valence-electron chi connectivity index (χ3n) is 2.21. The second-order valence-corrected chi connectivity index (χ2v) is 3.42. The van der Waals surface area contributed by atoms with E-state index in [9.17, 15) is 13.9 Å². The zero-order valence-corrected chi connectivity index (χ0v) is 8.92. The molecule has 15 heavy (non-hydrogen) atoms. The Morgan fingerprint density at radius 3 is 2.33 bits per heavy atom. The molecule has 2 atom stereocenters. The Morgan fingerprint density at radius 1 is 1.33 bits per heavy atom. The highest BCUT2D eigenvalue weighted by atomic mass is 19.1. The topological polar surface area (TPSA) is 29.5 Å². The second-order valence-electron chi connectivity index (χ2n) is 3.42. The molecule has 0 fully saturated rings. The van der Waals surface area contributed by atoms with Gasteiger partial charge in [0.05, 0.1) is 13.2 Å². The summed E-state index contributed by atoms with van der Waals surface area (Å²) in [5.74, 6) is -0.690. The van der Waals surface area contributed by atoms with Crippen LogP contribution in [0, 0.1) is 5.82 Å². The number of benzene rings is 1. The molecule has 0 saturated carbocycles. The number of aliphatic hydroxyl groups is 1. The predicted molar refractivity (Wildman–Crippen MR) is 53.1 cm³/mol. The first-order valence-electron chi connectivity index (χ1n) is 4.66. The maximum atomic E-state index is 13.4. The summed E-state index contributed by atoms with van der Waals surface area (Å²) >= 11 is 0. The van der Waals surface area contributed by atoms with Gasteiger partial charge in [-0.3, -0.25) is 0 Å². The maximum Gasteiger partial charge on any atom is 0.165 e. The van der Waals surface area contributed by atoms with Crippen LogP contribution < -0.4 is 4.74 Å².